The van der Waals surface area contributed by atoms with Crippen molar-refractivity contribution in [2.45, 2.75) is 31.4 Å². The molecule has 1 aromatic rings. The first-order chi connectivity index (χ1) is 11.0. The van der Waals surface area contributed by atoms with Gasteiger partial charge in [0.25, 0.3) is 5.56 Å². The highest BCUT2D eigenvalue weighted by Gasteiger charge is 2.33. The summed E-state index contributed by atoms with van der Waals surface area (Å²) in [6, 6.07) is 0.434. The molecule has 0 unspecified atom stereocenters. The van der Waals surface area contributed by atoms with E-state index >= 15 is 0 Å². The van der Waals surface area contributed by atoms with Gasteiger partial charge < -0.3 is 15.0 Å². The van der Waals surface area contributed by atoms with E-state index in [-0.39, 0.29) is 18.4 Å². The van der Waals surface area contributed by atoms with E-state index in [1.165, 1.54) is 13.2 Å². The van der Waals surface area contributed by atoms with Crippen LogP contribution in [-0.2, 0) is 18.3 Å². The smallest absolute Gasteiger partial charge is 0.328 e. The zero-order valence-electron chi connectivity index (χ0n) is 13.2. The molecule has 0 bridgehead atoms. The molecule has 0 spiro atoms. The van der Waals surface area contributed by atoms with Gasteiger partial charge in [0.05, 0.1) is 12.5 Å². The monoisotopic (exact) mass is 322 g/mol. The number of aromatic nitrogens is 2. The summed E-state index contributed by atoms with van der Waals surface area (Å²) < 4.78 is 0.976. The maximum Gasteiger partial charge on any atom is 0.328 e. The van der Waals surface area contributed by atoms with Gasteiger partial charge in [0.2, 0.25) is 5.91 Å². The average Bonchev–Trinajstić information content (AvgIpc) is 2.52. The van der Waals surface area contributed by atoms with Gasteiger partial charge in [-0.3, -0.25) is 19.1 Å². The summed E-state index contributed by atoms with van der Waals surface area (Å²) in [5.41, 5.74) is -0.597. The average molecular weight is 322 g/mol. The number of hydrogen-bond donors (Lipinski definition) is 2. The van der Waals surface area contributed by atoms with Crippen LogP contribution >= 0.6 is 0 Å². The predicted octanol–water partition coefficient (Wildman–Crippen LogP) is -1.72. The summed E-state index contributed by atoms with van der Waals surface area (Å²) >= 11 is 0. The Kier molecular flexibility index (Phi) is 4.36. The van der Waals surface area contributed by atoms with Crippen LogP contribution in [-0.4, -0.2) is 68.7 Å². The van der Waals surface area contributed by atoms with Gasteiger partial charge in [0.1, 0.15) is 0 Å². The van der Waals surface area contributed by atoms with Crippen LogP contribution in [0.2, 0.25) is 0 Å². The highest BCUT2D eigenvalue weighted by atomic mass is 16.3. The first kappa shape index (κ1) is 15.9. The molecule has 23 heavy (non-hydrogen) atoms. The number of rotatable bonds is 3. The third-order valence-electron chi connectivity index (χ3n) is 4.82. The third kappa shape index (κ3) is 3.23. The normalized spacial score (nSPS) is 20.5. The number of amides is 1. The van der Waals surface area contributed by atoms with Crippen LogP contribution in [0.4, 0.5) is 0 Å². The van der Waals surface area contributed by atoms with Crippen molar-refractivity contribution in [2.75, 3.05) is 26.2 Å². The molecule has 0 atom stereocenters. The predicted molar refractivity (Wildman–Crippen MR) is 83.2 cm³/mol. The summed E-state index contributed by atoms with van der Waals surface area (Å²) in [5, 5.41) is 9.36. The van der Waals surface area contributed by atoms with Crippen molar-refractivity contribution in [3.63, 3.8) is 0 Å². The van der Waals surface area contributed by atoms with Gasteiger partial charge in [-0.25, -0.2) is 4.79 Å². The number of H-pyrrole nitrogens is 1. The zero-order valence-corrected chi connectivity index (χ0v) is 13.2. The summed E-state index contributed by atoms with van der Waals surface area (Å²) in [4.78, 5) is 42.1. The fourth-order valence-electron chi connectivity index (χ4n) is 3.28. The second-order valence-corrected chi connectivity index (χ2v) is 6.38. The maximum atomic E-state index is 12.4. The Morgan fingerprint density at radius 3 is 2.57 bits per heavy atom. The van der Waals surface area contributed by atoms with Crippen molar-refractivity contribution in [3.8, 4) is 0 Å². The van der Waals surface area contributed by atoms with Crippen LogP contribution in [0.25, 0.3) is 0 Å². The first-order valence-electron chi connectivity index (χ1n) is 7.93. The van der Waals surface area contributed by atoms with Crippen LogP contribution in [0.5, 0.6) is 0 Å². The summed E-state index contributed by atoms with van der Waals surface area (Å²) in [6.45, 7) is 2.79. The minimum Gasteiger partial charge on any atom is -0.390 e. The lowest BCUT2D eigenvalue weighted by atomic mass is 9.98. The fourth-order valence-corrected chi connectivity index (χ4v) is 3.28. The van der Waals surface area contributed by atoms with Crippen molar-refractivity contribution >= 4 is 5.91 Å². The summed E-state index contributed by atoms with van der Waals surface area (Å²) in [6.07, 6.45) is 2.92. The number of aliphatic hydroxyl groups excluding tert-OH is 1. The first-order valence-corrected chi connectivity index (χ1v) is 7.93. The Hall–Kier alpha value is -1.93. The van der Waals surface area contributed by atoms with E-state index in [0.717, 1.165) is 30.5 Å². The molecule has 2 aliphatic rings. The van der Waals surface area contributed by atoms with E-state index < -0.39 is 11.2 Å². The largest absolute Gasteiger partial charge is 0.390 e. The van der Waals surface area contributed by atoms with Gasteiger partial charge in [0.15, 0.2) is 0 Å². The van der Waals surface area contributed by atoms with Crippen LogP contribution in [0.15, 0.2) is 15.8 Å². The number of β-amino-alcohol motifs (C(OH)–C–C–N with tert-alkyl or cyclic N) is 1. The van der Waals surface area contributed by atoms with Gasteiger partial charge >= 0.3 is 5.69 Å². The number of piperidine rings is 1. The molecule has 0 aliphatic carbocycles. The molecule has 2 N–H and O–H groups in total. The zero-order chi connectivity index (χ0) is 16.6. The van der Waals surface area contributed by atoms with E-state index in [0.29, 0.717) is 24.7 Å². The Labute approximate surface area is 133 Å². The van der Waals surface area contributed by atoms with E-state index in [4.69, 9.17) is 0 Å². The Morgan fingerprint density at radius 1 is 1.30 bits per heavy atom. The second kappa shape index (κ2) is 6.29. The van der Waals surface area contributed by atoms with Crippen molar-refractivity contribution in [1.82, 2.24) is 19.4 Å². The molecule has 0 radical (unpaired) electrons. The molecule has 126 valence electrons. The lowest BCUT2D eigenvalue weighted by Crippen LogP contribution is -2.58. The van der Waals surface area contributed by atoms with Gasteiger partial charge in [-0.1, -0.05) is 0 Å². The second-order valence-electron chi connectivity index (χ2n) is 6.38. The molecular formula is C15H22N4O4. The molecule has 0 saturated carbocycles. The minimum absolute atomic E-state index is 0.0105. The van der Waals surface area contributed by atoms with Crippen molar-refractivity contribution in [1.29, 1.82) is 0 Å². The molecule has 8 heteroatoms. The topological polar surface area (TPSA) is 98.6 Å². The van der Waals surface area contributed by atoms with E-state index in [9.17, 15) is 19.5 Å². The molecule has 3 rings (SSSR count). The summed E-state index contributed by atoms with van der Waals surface area (Å²) in [7, 11) is 1.39. The molecule has 2 aliphatic heterocycles. The van der Waals surface area contributed by atoms with Crippen LogP contribution in [0.1, 0.15) is 18.4 Å². The fraction of sp³-hybridized carbons (Fsp3) is 0.667. The number of nitrogens with zero attached hydrogens (tertiary/aromatic N) is 3. The Morgan fingerprint density at radius 2 is 1.96 bits per heavy atom. The van der Waals surface area contributed by atoms with Crippen LogP contribution < -0.4 is 11.2 Å². The van der Waals surface area contributed by atoms with E-state index in [1.54, 1.807) is 4.90 Å². The maximum absolute atomic E-state index is 12.4. The molecule has 1 aromatic heterocycles. The quantitative estimate of drug-likeness (QED) is 0.690. The van der Waals surface area contributed by atoms with Gasteiger partial charge in [-0.15, -0.1) is 0 Å². The number of aliphatic hydroxyl groups is 1. The number of nitrogens with one attached hydrogen (secondary N) is 1. The van der Waals surface area contributed by atoms with Crippen LogP contribution in [0.3, 0.4) is 0 Å². The van der Waals surface area contributed by atoms with Gasteiger partial charge in [-0.05, 0) is 12.8 Å². The standard InChI is InChI=1S/C15H22N4O4/c1-17-14(22)10(7-16-15(17)23)6-13(21)18-4-2-11(3-5-18)19-8-12(20)9-19/h7,11-12,20H,2-6,8-9H2,1H3,(H,16,23). The minimum atomic E-state index is -0.483. The molecule has 2 fully saturated rings. The molecule has 2 saturated heterocycles. The number of hydrogen-bond acceptors (Lipinski definition) is 5. The van der Waals surface area contributed by atoms with Crippen molar-refractivity contribution in [2.24, 2.45) is 7.05 Å². The van der Waals surface area contributed by atoms with E-state index in [2.05, 4.69) is 9.88 Å². The Bertz CT molecular complexity index is 696. The van der Waals surface area contributed by atoms with Crippen molar-refractivity contribution in [3.05, 3.63) is 32.6 Å². The highest BCUT2D eigenvalue weighted by molar-refractivity contribution is 5.78. The highest BCUT2D eigenvalue weighted by Crippen LogP contribution is 2.22. The van der Waals surface area contributed by atoms with Gasteiger partial charge in [-0.2, -0.15) is 0 Å². The third-order valence-corrected chi connectivity index (χ3v) is 4.82. The van der Waals surface area contributed by atoms with Gasteiger partial charge in [0, 0.05) is 51.0 Å². The van der Waals surface area contributed by atoms with Crippen LogP contribution in [0, 0.1) is 0 Å². The number of carbonyl (C=O) groups is 1. The molecule has 3 heterocycles. The number of carbonyl (C=O) groups excluding carboxylic acids is 1. The van der Waals surface area contributed by atoms with E-state index in [1.807, 2.05) is 0 Å². The molecule has 1 amide bonds. The SMILES string of the molecule is Cn1c(=O)[nH]cc(CC(=O)N2CCC(N3CC(O)C3)CC2)c1=O. The number of likely N-dealkylation sites (tertiary alicyclic amines) is 2. The lowest BCUT2D eigenvalue weighted by molar-refractivity contribution is -0.133. The summed E-state index contributed by atoms with van der Waals surface area (Å²) in [5.74, 6) is -0.0868. The molecule has 8 nitrogen and oxygen atoms in total. The molecular weight excluding hydrogens is 300 g/mol. The molecule has 0 aromatic carbocycles. The lowest BCUT2D eigenvalue weighted by Gasteiger charge is -2.45. The number of aromatic amines is 1. The Balaban J connectivity index is 1.57. The van der Waals surface area contributed by atoms with Crippen molar-refractivity contribution < 1.29 is 9.90 Å².